The first-order chi connectivity index (χ1) is 15.2. The summed E-state index contributed by atoms with van der Waals surface area (Å²) >= 11 is 0. The Labute approximate surface area is 181 Å². The van der Waals surface area contributed by atoms with Crippen LogP contribution in [0.15, 0.2) is 97.1 Å². The molecule has 4 aromatic carbocycles. The number of rotatable bonds is 4. The topological polar surface area (TPSA) is 47.6 Å². The number of fused-ring (bicyclic) bond motifs is 2. The van der Waals surface area contributed by atoms with E-state index < -0.39 is 5.92 Å². The number of ether oxygens (including phenoxy) is 2. The molecule has 0 unspecified atom stereocenters. The molecular formula is C27H21NO3. The summed E-state index contributed by atoms with van der Waals surface area (Å²) in [5, 5.41) is 3.04. The summed E-state index contributed by atoms with van der Waals surface area (Å²) in [6, 6.07) is 30.6. The number of carbonyl (C=O) groups is 1. The monoisotopic (exact) mass is 407 g/mol. The van der Waals surface area contributed by atoms with Crippen molar-refractivity contribution in [1.29, 1.82) is 0 Å². The van der Waals surface area contributed by atoms with Crippen LogP contribution < -0.4 is 14.8 Å². The quantitative estimate of drug-likeness (QED) is 0.411. The molecule has 1 amide bonds. The predicted octanol–water partition coefficient (Wildman–Crippen LogP) is 6.66. The van der Waals surface area contributed by atoms with Crippen LogP contribution in [-0.4, -0.2) is 5.91 Å². The number of para-hydroxylation sites is 2. The standard InChI is InChI=1S/C27H21NO3/c1-18-10-14-20(15-11-18)30-21-16-12-19(13-17-21)28-27(29)26-22-6-2-4-8-24(22)31-25-9-5-3-7-23(25)26/h2-17,26H,1H3,(H,28,29). The molecule has 0 aromatic heterocycles. The van der Waals surface area contributed by atoms with E-state index >= 15 is 0 Å². The lowest BCUT2D eigenvalue weighted by atomic mass is 9.87. The van der Waals surface area contributed by atoms with Gasteiger partial charge in [-0.15, -0.1) is 0 Å². The molecular weight excluding hydrogens is 386 g/mol. The third kappa shape index (κ3) is 3.88. The lowest BCUT2D eigenvalue weighted by molar-refractivity contribution is -0.116. The van der Waals surface area contributed by atoms with Gasteiger partial charge in [0, 0.05) is 16.8 Å². The van der Waals surface area contributed by atoms with Gasteiger partial charge >= 0.3 is 0 Å². The maximum atomic E-state index is 13.3. The van der Waals surface area contributed by atoms with Crippen molar-refractivity contribution < 1.29 is 14.3 Å². The Hall–Kier alpha value is -4.05. The highest BCUT2D eigenvalue weighted by Gasteiger charge is 2.32. The van der Waals surface area contributed by atoms with Gasteiger partial charge in [-0.25, -0.2) is 0 Å². The van der Waals surface area contributed by atoms with Crippen molar-refractivity contribution in [1.82, 2.24) is 0 Å². The van der Waals surface area contributed by atoms with Gasteiger partial charge in [0.25, 0.3) is 0 Å². The molecule has 0 radical (unpaired) electrons. The Bertz CT molecular complexity index is 1180. The molecule has 0 fully saturated rings. The summed E-state index contributed by atoms with van der Waals surface area (Å²) in [5.41, 5.74) is 3.61. The van der Waals surface area contributed by atoms with Crippen LogP contribution in [0.2, 0.25) is 0 Å². The Balaban J connectivity index is 1.36. The molecule has 1 heterocycles. The molecule has 4 nitrogen and oxygen atoms in total. The van der Waals surface area contributed by atoms with Crippen molar-refractivity contribution in [3.8, 4) is 23.0 Å². The predicted molar refractivity (Wildman–Crippen MR) is 121 cm³/mol. The zero-order chi connectivity index (χ0) is 21.2. The summed E-state index contributed by atoms with van der Waals surface area (Å²) in [6.45, 7) is 2.04. The fourth-order valence-electron chi connectivity index (χ4n) is 3.76. The van der Waals surface area contributed by atoms with Gasteiger partial charge in [0.1, 0.15) is 23.0 Å². The lowest BCUT2D eigenvalue weighted by Crippen LogP contribution is -2.25. The molecule has 0 bridgehead atoms. The van der Waals surface area contributed by atoms with Crippen molar-refractivity contribution in [3.05, 3.63) is 114 Å². The molecule has 4 heteroatoms. The van der Waals surface area contributed by atoms with E-state index in [1.165, 1.54) is 5.56 Å². The minimum atomic E-state index is -0.440. The van der Waals surface area contributed by atoms with Crippen LogP contribution in [0.1, 0.15) is 22.6 Å². The van der Waals surface area contributed by atoms with Gasteiger partial charge < -0.3 is 14.8 Å². The van der Waals surface area contributed by atoms with E-state index in [0.717, 1.165) is 16.9 Å². The van der Waals surface area contributed by atoms with Gasteiger partial charge in [-0.05, 0) is 55.5 Å². The van der Waals surface area contributed by atoms with E-state index in [-0.39, 0.29) is 5.91 Å². The first-order valence-corrected chi connectivity index (χ1v) is 10.2. The van der Waals surface area contributed by atoms with Gasteiger partial charge in [-0.3, -0.25) is 4.79 Å². The van der Waals surface area contributed by atoms with Crippen molar-refractivity contribution in [2.45, 2.75) is 12.8 Å². The smallest absolute Gasteiger partial charge is 0.236 e. The van der Waals surface area contributed by atoms with Crippen LogP contribution in [0.5, 0.6) is 23.0 Å². The highest BCUT2D eigenvalue weighted by Crippen LogP contribution is 2.44. The molecule has 152 valence electrons. The number of hydrogen-bond acceptors (Lipinski definition) is 3. The molecule has 0 saturated carbocycles. The Morgan fingerprint density at radius 1 is 0.742 bits per heavy atom. The van der Waals surface area contributed by atoms with E-state index in [4.69, 9.17) is 9.47 Å². The van der Waals surface area contributed by atoms with Gasteiger partial charge in [-0.1, -0.05) is 54.1 Å². The van der Waals surface area contributed by atoms with Crippen molar-refractivity contribution in [2.75, 3.05) is 5.32 Å². The molecule has 0 saturated heterocycles. The summed E-state index contributed by atoms with van der Waals surface area (Å²) in [7, 11) is 0. The largest absolute Gasteiger partial charge is 0.457 e. The molecule has 0 aliphatic carbocycles. The Kier molecular flexibility index (Phi) is 4.89. The number of amides is 1. The van der Waals surface area contributed by atoms with E-state index in [0.29, 0.717) is 22.9 Å². The minimum Gasteiger partial charge on any atom is -0.457 e. The van der Waals surface area contributed by atoms with Crippen LogP contribution in [-0.2, 0) is 4.79 Å². The van der Waals surface area contributed by atoms with Crippen LogP contribution in [0.25, 0.3) is 0 Å². The van der Waals surface area contributed by atoms with E-state index in [1.807, 2.05) is 104 Å². The average molecular weight is 407 g/mol. The van der Waals surface area contributed by atoms with Crippen LogP contribution in [0, 0.1) is 6.92 Å². The van der Waals surface area contributed by atoms with Crippen LogP contribution in [0.3, 0.4) is 0 Å². The molecule has 0 spiro atoms. The molecule has 1 aliphatic heterocycles. The third-order valence-electron chi connectivity index (χ3n) is 5.32. The zero-order valence-electron chi connectivity index (χ0n) is 17.0. The van der Waals surface area contributed by atoms with Crippen molar-refractivity contribution in [2.24, 2.45) is 0 Å². The Morgan fingerprint density at radius 2 is 1.26 bits per heavy atom. The highest BCUT2D eigenvalue weighted by atomic mass is 16.5. The normalized spacial score (nSPS) is 12.3. The second kappa shape index (κ2) is 8.00. The molecule has 31 heavy (non-hydrogen) atoms. The average Bonchev–Trinajstić information content (AvgIpc) is 2.80. The summed E-state index contributed by atoms with van der Waals surface area (Å²) < 4.78 is 11.9. The van der Waals surface area contributed by atoms with E-state index in [9.17, 15) is 4.79 Å². The SMILES string of the molecule is Cc1ccc(Oc2ccc(NC(=O)C3c4ccccc4Oc4ccccc43)cc2)cc1. The molecule has 5 rings (SSSR count). The first-order valence-electron chi connectivity index (χ1n) is 10.2. The minimum absolute atomic E-state index is 0.101. The van der Waals surface area contributed by atoms with E-state index in [2.05, 4.69) is 5.32 Å². The number of hydrogen-bond donors (Lipinski definition) is 1. The van der Waals surface area contributed by atoms with Gasteiger partial charge in [0.15, 0.2) is 0 Å². The fraction of sp³-hybridized carbons (Fsp3) is 0.0741. The number of nitrogens with one attached hydrogen (secondary N) is 1. The number of anilines is 1. The fourth-order valence-corrected chi connectivity index (χ4v) is 3.76. The molecule has 0 atom stereocenters. The second-order valence-electron chi connectivity index (χ2n) is 7.54. The maximum Gasteiger partial charge on any atom is 0.236 e. The van der Waals surface area contributed by atoms with Gasteiger partial charge in [0.2, 0.25) is 5.91 Å². The first kappa shape index (κ1) is 18.9. The molecule has 4 aromatic rings. The molecule has 1 N–H and O–H groups in total. The summed E-state index contributed by atoms with van der Waals surface area (Å²) in [5.74, 6) is 2.37. The summed E-state index contributed by atoms with van der Waals surface area (Å²) in [6.07, 6.45) is 0. The second-order valence-corrected chi connectivity index (χ2v) is 7.54. The van der Waals surface area contributed by atoms with E-state index in [1.54, 1.807) is 0 Å². The summed E-state index contributed by atoms with van der Waals surface area (Å²) in [4.78, 5) is 13.3. The zero-order valence-corrected chi connectivity index (χ0v) is 17.0. The number of carbonyl (C=O) groups excluding carboxylic acids is 1. The maximum absolute atomic E-state index is 13.3. The van der Waals surface area contributed by atoms with Crippen molar-refractivity contribution >= 4 is 11.6 Å². The molecule has 1 aliphatic rings. The van der Waals surface area contributed by atoms with Crippen LogP contribution in [0.4, 0.5) is 5.69 Å². The van der Waals surface area contributed by atoms with Gasteiger partial charge in [0.05, 0.1) is 5.92 Å². The third-order valence-corrected chi connectivity index (χ3v) is 5.32. The lowest BCUT2D eigenvalue weighted by Gasteiger charge is -2.27. The highest BCUT2D eigenvalue weighted by molar-refractivity contribution is 5.99. The number of benzene rings is 4. The Morgan fingerprint density at radius 3 is 1.84 bits per heavy atom. The van der Waals surface area contributed by atoms with Crippen LogP contribution >= 0.6 is 0 Å². The van der Waals surface area contributed by atoms with Crippen molar-refractivity contribution in [3.63, 3.8) is 0 Å². The van der Waals surface area contributed by atoms with Gasteiger partial charge in [-0.2, -0.15) is 0 Å². The number of aryl methyl sites for hydroxylation is 1.